The van der Waals surface area contributed by atoms with Crippen molar-refractivity contribution in [1.29, 1.82) is 0 Å². The topological polar surface area (TPSA) is 105 Å². The Labute approximate surface area is 197 Å². The molecular formula is C27H26N2O5. The lowest BCUT2D eigenvalue weighted by molar-refractivity contribution is -0.142. The zero-order chi connectivity index (χ0) is 24.1. The average Bonchev–Trinajstić information content (AvgIpc) is 3.18. The maximum absolute atomic E-state index is 12.5. The van der Waals surface area contributed by atoms with Crippen LogP contribution in [0.5, 0.6) is 0 Å². The highest BCUT2D eigenvalue weighted by Gasteiger charge is 2.29. The molecule has 0 saturated carbocycles. The Morgan fingerprint density at radius 3 is 2.03 bits per heavy atom. The van der Waals surface area contributed by atoms with Crippen LogP contribution in [-0.2, 0) is 14.3 Å². The van der Waals surface area contributed by atoms with Gasteiger partial charge in [0.2, 0.25) is 5.91 Å². The molecule has 0 aliphatic heterocycles. The average molecular weight is 459 g/mol. The number of fused-ring (bicyclic) bond motifs is 3. The molecule has 2 amide bonds. The van der Waals surface area contributed by atoms with E-state index in [0.29, 0.717) is 5.56 Å². The lowest BCUT2D eigenvalue weighted by Gasteiger charge is -2.19. The standard InChI is InChI=1S/C27H26N2O5/c1-17(25(30)29-24(26(31)32)18-9-3-2-4-10-18)15-28-27(33)34-16-23-21-13-7-5-11-19(21)20-12-6-8-14-22(20)23/h2-14,17,23-24H,15-16H2,1H3,(H,28,33)(H,29,30)(H,31,32). The van der Waals surface area contributed by atoms with Crippen LogP contribution < -0.4 is 10.6 Å². The fourth-order valence-corrected chi connectivity index (χ4v) is 4.20. The molecule has 0 spiro atoms. The van der Waals surface area contributed by atoms with E-state index in [1.165, 1.54) is 0 Å². The lowest BCUT2D eigenvalue weighted by Crippen LogP contribution is -2.41. The van der Waals surface area contributed by atoms with E-state index in [9.17, 15) is 19.5 Å². The molecule has 34 heavy (non-hydrogen) atoms. The van der Waals surface area contributed by atoms with Crippen molar-refractivity contribution in [3.05, 3.63) is 95.6 Å². The first-order valence-electron chi connectivity index (χ1n) is 11.1. The zero-order valence-corrected chi connectivity index (χ0v) is 18.7. The van der Waals surface area contributed by atoms with Crippen molar-refractivity contribution in [2.24, 2.45) is 5.92 Å². The van der Waals surface area contributed by atoms with Crippen molar-refractivity contribution in [2.75, 3.05) is 13.2 Å². The predicted molar refractivity (Wildman–Crippen MR) is 127 cm³/mol. The van der Waals surface area contributed by atoms with Gasteiger partial charge in [-0.1, -0.05) is 85.8 Å². The summed E-state index contributed by atoms with van der Waals surface area (Å²) in [6.07, 6.45) is -0.626. The third kappa shape index (κ3) is 4.93. The first-order chi connectivity index (χ1) is 16.5. The van der Waals surface area contributed by atoms with Crippen LogP contribution in [-0.4, -0.2) is 36.2 Å². The van der Waals surface area contributed by atoms with Gasteiger partial charge in [0.1, 0.15) is 6.61 Å². The quantitative estimate of drug-likeness (QED) is 0.471. The Bertz CT molecular complexity index is 1150. The molecule has 0 saturated heterocycles. The minimum Gasteiger partial charge on any atom is -0.479 e. The second-order valence-corrected chi connectivity index (χ2v) is 8.30. The molecular weight excluding hydrogens is 432 g/mol. The van der Waals surface area contributed by atoms with Crippen LogP contribution in [0.2, 0.25) is 0 Å². The van der Waals surface area contributed by atoms with E-state index >= 15 is 0 Å². The molecule has 1 aliphatic rings. The van der Waals surface area contributed by atoms with Gasteiger partial charge >= 0.3 is 12.1 Å². The van der Waals surface area contributed by atoms with Gasteiger partial charge < -0.3 is 20.5 Å². The van der Waals surface area contributed by atoms with E-state index in [2.05, 4.69) is 22.8 Å². The van der Waals surface area contributed by atoms with Crippen molar-refractivity contribution < 1.29 is 24.2 Å². The number of ether oxygens (including phenoxy) is 1. The molecule has 2 atom stereocenters. The smallest absolute Gasteiger partial charge is 0.407 e. The summed E-state index contributed by atoms with van der Waals surface area (Å²) in [5, 5.41) is 14.6. The minimum atomic E-state index is -1.16. The number of aliphatic carboxylic acids is 1. The van der Waals surface area contributed by atoms with Gasteiger partial charge in [-0.15, -0.1) is 0 Å². The number of alkyl carbamates (subject to hydrolysis) is 1. The van der Waals surface area contributed by atoms with Gasteiger partial charge in [0, 0.05) is 12.5 Å². The Morgan fingerprint density at radius 2 is 1.44 bits per heavy atom. The van der Waals surface area contributed by atoms with Crippen LogP contribution in [0.1, 0.15) is 35.6 Å². The molecule has 4 rings (SSSR count). The van der Waals surface area contributed by atoms with Crippen molar-refractivity contribution >= 4 is 18.0 Å². The van der Waals surface area contributed by atoms with Gasteiger partial charge in [0.25, 0.3) is 0 Å². The van der Waals surface area contributed by atoms with Gasteiger partial charge in [0.15, 0.2) is 6.04 Å². The number of carbonyl (C=O) groups is 3. The normalized spacial score (nSPS) is 13.8. The first kappa shape index (κ1) is 23.0. The van der Waals surface area contributed by atoms with Gasteiger partial charge in [-0.05, 0) is 27.8 Å². The Kier molecular flexibility index (Phi) is 6.92. The first-order valence-corrected chi connectivity index (χ1v) is 11.1. The van der Waals surface area contributed by atoms with E-state index in [4.69, 9.17) is 4.74 Å². The van der Waals surface area contributed by atoms with Crippen molar-refractivity contribution in [3.8, 4) is 11.1 Å². The molecule has 174 valence electrons. The fraction of sp³-hybridized carbons (Fsp3) is 0.222. The van der Waals surface area contributed by atoms with Crippen LogP contribution in [0.3, 0.4) is 0 Å². The maximum atomic E-state index is 12.5. The molecule has 3 aromatic carbocycles. The Balaban J connectivity index is 1.30. The summed E-state index contributed by atoms with van der Waals surface area (Å²) >= 11 is 0. The predicted octanol–water partition coefficient (Wildman–Crippen LogP) is 4.10. The summed E-state index contributed by atoms with van der Waals surface area (Å²) in [6.45, 7) is 1.81. The molecule has 0 radical (unpaired) electrons. The second kappa shape index (κ2) is 10.2. The summed E-state index contributed by atoms with van der Waals surface area (Å²) < 4.78 is 5.48. The highest BCUT2D eigenvalue weighted by Crippen LogP contribution is 2.44. The SMILES string of the molecule is CC(CNC(=O)OCC1c2ccccc2-c2ccccc21)C(=O)NC(C(=O)O)c1ccccc1. The largest absolute Gasteiger partial charge is 0.479 e. The highest BCUT2D eigenvalue weighted by atomic mass is 16.5. The maximum Gasteiger partial charge on any atom is 0.407 e. The van der Waals surface area contributed by atoms with Crippen molar-refractivity contribution in [2.45, 2.75) is 18.9 Å². The van der Waals surface area contributed by atoms with E-state index in [1.54, 1.807) is 37.3 Å². The van der Waals surface area contributed by atoms with Gasteiger partial charge in [0.05, 0.1) is 5.92 Å². The van der Waals surface area contributed by atoms with Gasteiger partial charge in [-0.25, -0.2) is 9.59 Å². The van der Waals surface area contributed by atoms with Crippen LogP contribution in [0.25, 0.3) is 11.1 Å². The number of hydrogen-bond acceptors (Lipinski definition) is 4. The molecule has 3 aromatic rings. The van der Waals surface area contributed by atoms with Gasteiger partial charge in [-0.2, -0.15) is 0 Å². The summed E-state index contributed by atoms with van der Waals surface area (Å²) in [6, 6.07) is 23.4. The number of carboxylic acids is 1. The van der Waals surface area contributed by atoms with Gasteiger partial charge in [-0.3, -0.25) is 4.79 Å². The third-order valence-corrected chi connectivity index (χ3v) is 6.01. The molecule has 7 nitrogen and oxygen atoms in total. The molecule has 0 aromatic heterocycles. The molecule has 2 unspecified atom stereocenters. The number of hydrogen-bond donors (Lipinski definition) is 3. The number of carboxylic acid groups (broad SMARTS) is 1. The van der Waals surface area contributed by atoms with E-state index in [0.717, 1.165) is 22.3 Å². The monoisotopic (exact) mass is 458 g/mol. The van der Waals surface area contributed by atoms with E-state index in [-0.39, 0.29) is 19.1 Å². The van der Waals surface area contributed by atoms with Crippen LogP contribution >= 0.6 is 0 Å². The lowest BCUT2D eigenvalue weighted by atomic mass is 9.98. The number of carbonyl (C=O) groups excluding carboxylic acids is 2. The van der Waals surface area contributed by atoms with Crippen LogP contribution in [0, 0.1) is 5.92 Å². The number of rotatable bonds is 8. The summed E-state index contributed by atoms with van der Waals surface area (Å²) in [5.41, 5.74) is 4.99. The zero-order valence-electron chi connectivity index (χ0n) is 18.7. The third-order valence-electron chi connectivity index (χ3n) is 6.01. The summed E-state index contributed by atoms with van der Waals surface area (Å²) in [4.78, 5) is 36.5. The van der Waals surface area contributed by atoms with Crippen LogP contribution in [0.15, 0.2) is 78.9 Å². The molecule has 0 heterocycles. The summed E-state index contributed by atoms with van der Waals surface area (Å²) in [5.74, 6) is -2.33. The fourth-order valence-electron chi connectivity index (χ4n) is 4.20. The van der Waals surface area contributed by atoms with Crippen molar-refractivity contribution in [1.82, 2.24) is 10.6 Å². The highest BCUT2D eigenvalue weighted by molar-refractivity contribution is 5.86. The number of amides is 2. The van der Waals surface area contributed by atoms with Crippen molar-refractivity contribution in [3.63, 3.8) is 0 Å². The molecule has 3 N–H and O–H groups in total. The molecule has 7 heteroatoms. The van der Waals surface area contributed by atoms with E-state index < -0.39 is 29.9 Å². The number of benzene rings is 3. The van der Waals surface area contributed by atoms with E-state index in [1.807, 2.05) is 36.4 Å². The Morgan fingerprint density at radius 1 is 0.882 bits per heavy atom. The number of nitrogens with one attached hydrogen (secondary N) is 2. The second-order valence-electron chi connectivity index (χ2n) is 8.30. The molecule has 0 bridgehead atoms. The van der Waals surface area contributed by atoms with Crippen LogP contribution in [0.4, 0.5) is 4.79 Å². The molecule has 1 aliphatic carbocycles. The summed E-state index contributed by atoms with van der Waals surface area (Å²) in [7, 11) is 0. The minimum absolute atomic E-state index is 0.0175. The molecule has 0 fully saturated rings. The Hall–Kier alpha value is -4.13.